The first-order chi connectivity index (χ1) is 8.72. The normalized spacial score (nSPS) is 13.7. The number of hydrogen-bond acceptors (Lipinski definition) is 2. The van der Waals surface area contributed by atoms with E-state index in [0.717, 1.165) is 19.6 Å². The van der Waals surface area contributed by atoms with Crippen molar-refractivity contribution in [2.45, 2.75) is 19.9 Å². The summed E-state index contributed by atoms with van der Waals surface area (Å²) in [5, 5.41) is 3.17. The molecule has 4 heteroatoms. The number of nitrogens with two attached hydrogens (primary N) is 1. The SMILES string of the molecule is CCN(CC)C(CNC(N)=NC)c1ccccc1. The van der Waals surface area contributed by atoms with Crippen molar-refractivity contribution in [2.24, 2.45) is 10.7 Å². The molecule has 1 rings (SSSR count). The minimum atomic E-state index is 0.321. The summed E-state index contributed by atoms with van der Waals surface area (Å²) in [6.07, 6.45) is 0. The van der Waals surface area contributed by atoms with E-state index in [2.05, 4.69) is 53.3 Å². The summed E-state index contributed by atoms with van der Waals surface area (Å²) in [6, 6.07) is 10.8. The van der Waals surface area contributed by atoms with Crippen molar-refractivity contribution in [3.63, 3.8) is 0 Å². The molecule has 1 aromatic rings. The number of aliphatic imine (C=N–C) groups is 1. The summed E-state index contributed by atoms with van der Waals surface area (Å²) in [5.41, 5.74) is 7.01. The largest absolute Gasteiger partial charge is 0.370 e. The van der Waals surface area contributed by atoms with E-state index < -0.39 is 0 Å². The maximum absolute atomic E-state index is 5.70. The van der Waals surface area contributed by atoms with Gasteiger partial charge < -0.3 is 11.1 Å². The van der Waals surface area contributed by atoms with Gasteiger partial charge in [-0.1, -0.05) is 44.2 Å². The van der Waals surface area contributed by atoms with E-state index in [4.69, 9.17) is 5.73 Å². The van der Waals surface area contributed by atoms with Crippen LogP contribution in [0.2, 0.25) is 0 Å². The van der Waals surface area contributed by atoms with Gasteiger partial charge in [-0.2, -0.15) is 0 Å². The number of hydrogen-bond donors (Lipinski definition) is 2. The first kappa shape index (κ1) is 14.5. The molecule has 18 heavy (non-hydrogen) atoms. The Balaban J connectivity index is 2.82. The highest BCUT2D eigenvalue weighted by atomic mass is 15.2. The maximum Gasteiger partial charge on any atom is 0.188 e. The fourth-order valence-electron chi connectivity index (χ4n) is 2.08. The van der Waals surface area contributed by atoms with Gasteiger partial charge in [-0.15, -0.1) is 0 Å². The average Bonchev–Trinajstić information content (AvgIpc) is 2.44. The van der Waals surface area contributed by atoms with Gasteiger partial charge in [0.2, 0.25) is 0 Å². The maximum atomic E-state index is 5.70. The Labute approximate surface area is 110 Å². The second kappa shape index (κ2) is 7.71. The summed E-state index contributed by atoms with van der Waals surface area (Å²) in [5.74, 6) is 0.489. The number of nitrogens with zero attached hydrogens (tertiary/aromatic N) is 2. The van der Waals surface area contributed by atoms with Crippen molar-refractivity contribution in [3.05, 3.63) is 35.9 Å². The van der Waals surface area contributed by atoms with Gasteiger partial charge in [0.15, 0.2) is 5.96 Å². The van der Waals surface area contributed by atoms with E-state index in [1.165, 1.54) is 5.56 Å². The van der Waals surface area contributed by atoms with Crippen LogP contribution < -0.4 is 11.1 Å². The molecule has 1 aromatic carbocycles. The third-order valence-corrected chi connectivity index (χ3v) is 3.15. The highest BCUT2D eigenvalue weighted by molar-refractivity contribution is 5.77. The zero-order chi connectivity index (χ0) is 13.4. The van der Waals surface area contributed by atoms with Crippen molar-refractivity contribution in [3.8, 4) is 0 Å². The molecule has 0 bridgehead atoms. The monoisotopic (exact) mass is 248 g/mol. The lowest BCUT2D eigenvalue weighted by Gasteiger charge is -2.30. The average molecular weight is 248 g/mol. The lowest BCUT2D eigenvalue weighted by atomic mass is 10.1. The predicted octanol–water partition coefficient (Wildman–Crippen LogP) is 1.60. The molecule has 0 spiro atoms. The summed E-state index contributed by atoms with van der Waals surface area (Å²) in [4.78, 5) is 6.34. The predicted molar refractivity (Wildman–Crippen MR) is 77.7 cm³/mol. The second-order valence-electron chi connectivity index (χ2n) is 4.14. The lowest BCUT2D eigenvalue weighted by Crippen LogP contribution is -2.40. The first-order valence-corrected chi connectivity index (χ1v) is 6.48. The Hall–Kier alpha value is -1.55. The third kappa shape index (κ3) is 4.04. The highest BCUT2D eigenvalue weighted by Crippen LogP contribution is 2.19. The lowest BCUT2D eigenvalue weighted by molar-refractivity contribution is 0.219. The smallest absolute Gasteiger partial charge is 0.188 e. The van der Waals surface area contributed by atoms with Crippen LogP contribution in [0, 0.1) is 0 Å². The Bertz CT molecular complexity index is 357. The van der Waals surface area contributed by atoms with E-state index in [1.54, 1.807) is 7.05 Å². The van der Waals surface area contributed by atoms with Gasteiger partial charge in [0.05, 0.1) is 6.04 Å². The Kier molecular flexibility index (Phi) is 6.22. The molecule has 0 fully saturated rings. The third-order valence-electron chi connectivity index (χ3n) is 3.15. The zero-order valence-electron chi connectivity index (χ0n) is 11.6. The van der Waals surface area contributed by atoms with Crippen LogP contribution in [-0.2, 0) is 0 Å². The molecule has 0 aliphatic rings. The molecule has 0 amide bonds. The molecule has 0 aromatic heterocycles. The van der Waals surface area contributed by atoms with Gasteiger partial charge >= 0.3 is 0 Å². The van der Waals surface area contributed by atoms with Gasteiger partial charge in [0.1, 0.15) is 0 Å². The molecule has 1 atom stereocenters. The van der Waals surface area contributed by atoms with E-state index >= 15 is 0 Å². The molecular formula is C14H24N4. The van der Waals surface area contributed by atoms with Crippen molar-refractivity contribution in [1.82, 2.24) is 10.2 Å². The minimum absolute atomic E-state index is 0.321. The molecule has 4 nitrogen and oxygen atoms in total. The quantitative estimate of drug-likeness (QED) is 0.594. The van der Waals surface area contributed by atoms with Gasteiger partial charge in [-0.05, 0) is 18.7 Å². The number of nitrogens with one attached hydrogen (secondary N) is 1. The molecule has 0 heterocycles. The summed E-state index contributed by atoms with van der Waals surface area (Å²) in [7, 11) is 1.69. The Morgan fingerprint density at radius 1 is 1.28 bits per heavy atom. The fraction of sp³-hybridized carbons (Fsp3) is 0.500. The molecular weight excluding hydrogens is 224 g/mol. The van der Waals surface area contributed by atoms with E-state index in [-0.39, 0.29) is 0 Å². The number of guanidine groups is 1. The molecule has 1 unspecified atom stereocenters. The van der Waals surface area contributed by atoms with E-state index in [1.807, 2.05) is 6.07 Å². The van der Waals surface area contributed by atoms with Crippen LogP contribution >= 0.6 is 0 Å². The van der Waals surface area contributed by atoms with Crippen molar-refractivity contribution >= 4 is 5.96 Å². The molecule has 0 saturated heterocycles. The standard InChI is InChI=1S/C14H24N4/c1-4-18(5-2)13(11-17-14(15)16-3)12-9-7-6-8-10-12/h6-10,13H,4-5,11H2,1-3H3,(H3,15,16,17). The summed E-state index contributed by atoms with van der Waals surface area (Å²) < 4.78 is 0. The molecule has 0 saturated carbocycles. The van der Waals surface area contributed by atoms with E-state index in [0.29, 0.717) is 12.0 Å². The molecule has 0 aliphatic carbocycles. The van der Waals surface area contributed by atoms with Crippen LogP contribution in [-0.4, -0.2) is 37.5 Å². The van der Waals surface area contributed by atoms with Crippen molar-refractivity contribution in [2.75, 3.05) is 26.7 Å². The van der Waals surface area contributed by atoms with Crippen molar-refractivity contribution in [1.29, 1.82) is 0 Å². The zero-order valence-corrected chi connectivity index (χ0v) is 11.6. The molecule has 0 aliphatic heterocycles. The van der Waals surface area contributed by atoms with E-state index in [9.17, 15) is 0 Å². The molecule has 100 valence electrons. The van der Waals surface area contributed by atoms with Gasteiger partial charge in [0.25, 0.3) is 0 Å². The Morgan fingerprint density at radius 2 is 1.89 bits per heavy atom. The van der Waals surface area contributed by atoms with Crippen LogP contribution in [0.25, 0.3) is 0 Å². The number of likely N-dealkylation sites (N-methyl/N-ethyl adjacent to an activating group) is 1. The van der Waals surface area contributed by atoms with Crippen LogP contribution in [0.4, 0.5) is 0 Å². The summed E-state index contributed by atoms with van der Waals surface area (Å²) in [6.45, 7) is 7.16. The van der Waals surface area contributed by atoms with Crippen molar-refractivity contribution < 1.29 is 0 Å². The second-order valence-corrected chi connectivity index (χ2v) is 4.14. The highest BCUT2D eigenvalue weighted by Gasteiger charge is 2.17. The molecule has 3 N–H and O–H groups in total. The van der Waals surface area contributed by atoms with Crippen LogP contribution in [0.15, 0.2) is 35.3 Å². The van der Waals surface area contributed by atoms with Gasteiger partial charge in [-0.25, -0.2) is 0 Å². The topological polar surface area (TPSA) is 53.6 Å². The van der Waals surface area contributed by atoms with Crippen LogP contribution in [0.1, 0.15) is 25.5 Å². The van der Waals surface area contributed by atoms with Crippen LogP contribution in [0.3, 0.4) is 0 Å². The molecule has 0 radical (unpaired) electrons. The number of rotatable bonds is 6. The van der Waals surface area contributed by atoms with Gasteiger partial charge in [-0.3, -0.25) is 9.89 Å². The van der Waals surface area contributed by atoms with Crippen LogP contribution in [0.5, 0.6) is 0 Å². The minimum Gasteiger partial charge on any atom is -0.370 e. The fourth-order valence-corrected chi connectivity index (χ4v) is 2.08. The first-order valence-electron chi connectivity index (χ1n) is 6.48. The number of benzene rings is 1. The van der Waals surface area contributed by atoms with Gasteiger partial charge in [0, 0.05) is 13.6 Å². The Morgan fingerprint density at radius 3 is 2.39 bits per heavy atom. The summed E-state index contributed by atoms with van der Waals surface area (Å²) >= 11 is 0.